The van der Waals surface area contributed by atoms with Gasteiger partial charge in [-0.25, -0.2) is 4.98 Å². The molecule has 1 amide bonds. The largest absolute Gasteiger partial charge is 0.441 e. The average Bonchev–Trinajstić information content (AvgIpc) is 2.93. The summed E-state index contributed by atoms with van der Waals surface area (Å²) in [5.74, 6) is 0.639. The number of nitrogens with one attached hydrogen (secondary N) is 1. The van der Waals surface area contributed by atoms with Crippen LogP contribution in [0.15, 0.2) is 52.9 Å². The highest BCUT2D eigenvalue weighted by Gasteiger charge is 2.30. The van der Waals surface area contributed by atoms with Crippen LogP contribution in [0, 0.1) is 13.8 Å². The lowest BCUT2D eigenvalue weighted by atomic mass is 10.1. The number of benzene rings is 2. The number of hydrogen-bond acceptors (Lipinski definition) is 3. The molecular formula is C19H15F3N2O2. The first kappa shape index (κ1) is 17.7. The van der Waals surface area contributed by atoms with Gasteiger partial charge >= 0.3 is 6.18 Å². The van der Waals surface area contributed by atoms with Crippen molar-refractivity contribution in [2.75, 3.05) is 5.32 Å². The molecule has 0 aliphatic heterocycles. The number of aryl methyl sites for hydroxylation is 2. The Kier molecular flexibility index (Phi) is 4.54. The SMILES string of the molecule is Cc1nc(-c2cccc(NC(=O)c3ccc(C(F)(F)F)cc3)c2)oc1C. The number of anilines is 1. The van der Waals surface area contributed by atoms with Crippen LogP contribution in [-0.4, -0.2) is 10.9 Å². The molecule has 2 aromatic carbocycles. The zero-order valence-electron chi connectivity index (χ0n) is 14.0. The average molecular weight is 360 g/mol. The molecule has 1 aromatic heterocycles. The van der Waals surface area contributed by atoms with E-state index in [0.29, 0.717) is 22.9 Å². The first-order valence-corrected chi connectivity index (χ1v) is 7.77. The van der Waals surface area contributed by atoms with E-state index in [9.17, 15) is 18.0 Å². The summed E-state index contributed by atoms with van der Waals surface area (Å²) in [6, 6.07) is 10.9. The van der Waals surface area contributed by atoms with Gasteiger partial charge in [0.2, 0.25) is 5.89 Å². The third-order valence-electron chi connectivity index (χ3n) is 3.87. The Morgan fingerprint density at radius 3 is 2.35 bits per heavy atom. The van der Waals surface area contributed by atoms with Crippen LogP contribution >= 0.6 is 0 Å². The van der Waals surface area contributed by atoms with Crippen molar-refractivity contribution in [3.05, 3.63) is 71.1 Å². The first-order chi connectivity index (χ1) is 12.2. The van der Waals surface area contributed by atoms with Crippen molar-refractivity contribution in [3.8, 4) is 11.5 Å². The minimum absolute atomic E-state index is 0.131. The summed E-state index contributed by atoms with van der Waals surface area (Å²) in [5, 5.41) is 2.66. The molecule has 0 atom stereocenters. The van der Waals surface area contributed by atoms with E-state index in [1.54, 1.807) is 24.3 Å². The minimum Gasteiger partial charge on any atom is -0.441 e. The molecule has 1 N–H and O–H groups in total. The number of aromatic nitrogens is 1. The third kappa shape index (κ3) is 3.77. The fraction of sp³-hybridized carbons (Fsp3) is 0.158. The molecular weight excluding hydrogens is 345 g/mol. The van der Waals surface area contributed by atoms with E-state index in [1.165, 1.54) is 0 Å². The quantitative estimate of drug-likeness (QED) is 0.696. The van der Waals surface area contributed by atoms with Crippen molar-refractivity contribution in [3.63, 3.8) is 0 Å². The summed E-state index contributed by atoms with van der Waals surface area (Å²) in [6.07, 6.45) is -4.43. The number of oxazole rings is 1. The second-order valence-corrected chi connectivity index (χ2v) is 5.77. The van der Waals surface area contributed by atoms with Gasteiger partial charge in [-0.05, 0) is 56.3 Å². The summed E-state index contributed by atoms with van der Waals surface area (Å²) >= 11 is 0. The topological polar surface area (TPSA) is 55.1 Å². The van der Waals surface area contributed by atoms with Gasteiger partial charge < -0.3 is 9.73 Å². The number of nitrogens with zero attached hydrogens (tertiary/aromatic N) is 1. The zero-order valence-corrected chi connectivity index (χ0v) is 14.0. The van der Waals surface area contributed by atoms with E-state index in [1.807, 2.05) is 13.8 Å². The number of rotatable bonds is 3. The van der Waals surface area contributed by atoms with Crippen LogP contribution in [0.2, 0.25) is 0 Å². The van der Waals surface area contributed by atoms with Crippen LogP contribution in [0.4, 0.5) is 18.9 Å². The van der Waals surface area contributed by atoms with Gasteiger partial charge in [0.15, 0.2) is 0 Å². The van der Waals surface area contributed by atoms with Crippen molar-refractivity contribution in [2.45, 2.75) is 20.0 Å². The summed E-state index contributed by atoms with van der Waals surface area (Å²) in [6.45, 7) is 3.64. The van der Waals surface area contributed by atoms with E-state index >= 15 is 0 Å². The van der Waals surface area contributed by atoms with Gasteiger partial charge in [0, 0.05) is 16.8 Å². The Bertz CT molecular complexity index is 925. The molecule has 0 spiro atoms. The monoisotopic (exact) mass is 360 g/mol. The first-order valence-electron chi connectivity index (χ1n) is 7.77. The maximum Gasteiger partial charge on any atom is 0.416 e. The number of alkyl halides is 3. The third-order valence-corrected chi connectivity index (χ3v) is 3.87. The molecule has 4 nitrogen and oxygen atoms in total. The van der Waals surface area contributed by atoms with Gasteiger partial charge in [-0.1, -0.05) is 6.07 Å². The summed E-state index contributed by atoms with van der Waals surface area (Å²) < 4.78 is 43.3. The van der Waals surface area contributed by atoms with E-state index in [4.69, 9.17) is 4.42 Å². The van der Waals surface area contributed by atoms with Crippen molar-refractivity contribution in [2.24, 2.45) is 0 Å². The highest BCUT2D eigenvalue weighted by atomic mass is 19.4. The van der Waals surface area contributed by atoms with E-state index in [0.717, 1.165) is 30.0 Å². The molecule has 26 heavy (non-hydrogen) atoms. The van der Waals surface area contributed by atoms with Gasteiger partial charge in [0.25, 0.3) is 5.91 Å². The molecule has 0 aliphatic carbocycles. The summed E-state index contributed by atoms with van der Waals surface area (Å²) in [4.78, 5) is 16.6. The van der Waals surface area contributed by atoms with Gasteiger partial charge in [-0.15, -0.1) is 0 Å². The van der Waals surface area contributed by atoms with Gasteiger partial charge in [0.1, 0.15) is 5.76 Å². The Morgan fingerprint density at radius 2 is 1.77 bits per heavy atom. The number of amides is 1. The number of carbonyl (C=O) groups is 1. The zero-order chi connectivity index (χ0) is 18.9. The second-order valence-electron chi connectivity index (χ2n) is 5.77. The fourth-order valence-electron chi connectivity index (χ4n) is 2.34. The maximum absolute atomic E-state index is 12.6. The van der Waals surface area contributed by atoms with Crippen molar-refractivity contribution in [1.82, 2.24) is 4.98 Å². The van der Waals surface area contributed by atoms with Gasteiger partial charge in [0.05, 0.1) is 11.3 Å². The number of hydrogen-bond donors (Lipinski definition) is 1. The molecule has 7 heteroatoms. The number of carbonyl (C=O) groups excluding carboxylic acids is 1. The Labute approximate surface area is 147 Å². The molecule has 0 fully saturated rings. The Hall–Kier alpha value is -3.09. The molecule has 0 aliphatic rings. The lowest BCUT2D eigenvalue weighted by molar-refractivity contribution is -0.137. The van der Waals surface area contributed by atoms with Crippen LogP contribution in [0.1, 0.15) is 27.4 Å². The van der Waals surface area contributed by atoms with Crippen LogP contribution in [0.25, 0.3) is 11.5 Å². The summed E-state index contributed by atoms with van der Waals surface area (Å²) in [5.41, 5.74) is 1.28. The second kappa shape index (κ2) is 6.67. The number of halogens is 3. The molecule has 0 bridgehead atoms. The lowest BCUT2D eigenvalue weighted by Gasteiger charge is -2.09. The standard InChI is InChI=1S/C19H15F3N2O2/c1-11-12(2)26-18(23-11)14-4-3-5-16(10-14)24-17(25)13-6-8-15(9-7-13)19(20,21)22/h3-10H,1-2H3,(H,24,25). The van der Waals surface area contributed by atoms with Crippen molar-refractivity contribution < 1.29 is 22.4 Å². The highest BCUT2D eigenvalue weighted by molar-refractivity contribution is 6.04. The molecule has 1 heterocycles. The fourth-order valence-corrected chi connectivity index (χ4v) is 2.34. The highest BCUT2D eigenvalue weighted by Crippen LogP contribution is 2.29. The van der Waals surface area contributed by atoms with Crippen LogP contribution in [0.5, 0.6) is 0 Å². The molecule has 134 valence electrons. The lowest BCUT2D eigenvalue weighted by Crippen LogP contribution is -2.12. The van der Waals surface area contributed by atoms with Gasteiger partial charge in [-0.3, -0.25) is 4.79 Å². The Morgan fingerprint density at radius 1 is 1.08 bits per heavy atom. The molecule has 3 rings (SSSR count). The van der Waals surface area contributed by atoms with Crippen molar-refractivity contribution >= 4 is 11.6 Å². The van der Waals surface area contributed by atoms with Crippen LogP contribution in [-0.2, 0) is 6.18 Å². The van der Waals surface area contributed by atoms with E-state index < -0.39 is 17.6 Å². The van der Waals surface area contributed by atoms with Crippen LogP contribution in [0.3, 0.4) is 0 Å². The smallest absolute Gasteiger partial charge is 0.416 e. The predicted octanol–water partition coefficient (Wildman–Crippen LogP) is 5.23. The summed E-state index contributed by atoms with van der Waals surface area (Å²) in [7, 11) is 0. The van der Waals surface area contributed by atoms with E-state index in [-0.39, 0.29) is 5.56 Å². The van der Waals surface area contributed by atoms with Crippen molar-refractivity contribution in [1.29, 1.82) is 0 Å². The predicted molar refractivity (Wildman–Crippen MR) is 90.8 cm³/mol. The molecule has 0 saturated carbocycles. The molecule has 0 unspecified atom stereocenters. The maximum atomic E-state index is 12.6. The Balaban J connectivity index is 1.78. The molecule has 0 radical (unpaired) electrons. The normalized spacial score (nSPS) is 11.4. The molecule has 3 aromatic rings. The molecule has 0 saturated heterocycles. The van der Waals surface area contributed by atoms with Crippen LogP contribution < -0.4 is 5.32 Å². The van der Waals surface area contributed by atoms with Gasteiger partial charge in [-0.2, -0.15) is 13.2 Å². The minimum atomic E-state index is -4.43. The van der Waals surface area contributed by atoms with E-state index in [2.05, 4.69) is 10.3 Å².